The normalized spacial score (nSPS) is 26.3. The fraction of sp³-hybridized carbons (Fsp3) is 0.769. The molecule has 0 saturated heterocycles. The van der Waals surface area contributed by atoms with Crippen LogP contribution in [0.1, 0.15) is 51.4 Å². The Balaban J connectivity index is 2.11. The van der Waals surface area contributed by atoms with Gasteiger partial charge in [0, 0.05) is 18.9 Å². The van der Waals surface area contributed by atoms with Gasteiger partial charge in [-0.25, -0.2) is 10.4 Å². The Labute approximate surface area is 104 Å². The van der Waals surface area contributed by atoms with Crippen LogP contribution in [0.3, 0.4) is 0 Å². The molecule has 96 valence electrons. The fourth-order valence-corrected chi connectivity index (χ4v) is 3.08. The molecule has 1 aromatic rings. The minimum Gasteiger partial charge on any atom is -0.334 e. The van der Waals surface area contributed by atoms with Crippen molar-refractivity contribution in [3.05, 3.63) is 18.2 Å². The van der Waals surface area contributed by atoms with Crippen LogP contribution in [0, 0.1) is 11.8 Å². The summed E-state index contributed by atoms with van der Waals surface area (Å²) in [5.74, 6) is 8.36. The number of rotatable bonds is 5. The van der Waals surface area contributed by atoms with Gasteiger partial charge in [-0.2, -0.15) is 0 Å². The van der Waals surface area contributed by atoms with E-state index in [2.05, 4.69) is 28.8 Å². The second-order valence-electron chi connectivity index (χ2n) is 5.06. The summed E-state index contributed by atoms with van der Waals surface area (Å²) in [6, 6.07) is 0.210. The molecule has 17 heavy (non-hydrogen) atoms. The van der Waals surface area contributed by atoms with Crippen LogP contribution in [0.5, 0.6) is 0 Å². The predicted octanol–water partition coefficient (Wildman–Crippen LogP) is 2.23. The van der Waals surface area contributed by atoms with Crippen LogP contribution in [0.25, 0.3) is 0 Å². The molecule has 2 rings (SSSR count). The first kappa shape index (κ1) is 12.6. The average molecular weight is 236 g/mol. The molecule has 1 fully saturated rings. The maximum atomic E-state index is 5.75. The lowest BCUT2D eigenvalue weighted by atomic mass is 9.95. The molecule has 0 spiro atoms. The van der Waals surface area contributed by atoms with Gasteiger partial charge in [-0.15, -0.1) is 0 Å². The van der Waals surface area contributed by atoms with Crippen LogP contribution in [0.2, 0.25) is 0 Å². The van der Waals surface area contributed by atoms with Crippen molar-refractivity contribution in [2.45, 2.75) is 52.1 Å². The summed E-state index contributed by atoms with van der Waals surface area (Å²) < 4.78 is 2.18. The van der Waals surface area contributed by atoms with Crippen molar-refractivity contribution in [3.8, 4) is 0 Å². The van der Waals surface area contributed by atoms with Gasteiger partial charge in [0.1, 0.15) is 5.82 Å². The molecular formula is C13H24N4. The van der Waals surface area contributed by atoms with Gasteiger partial charge >= 0.3 is 0 Å². The van der Waals surface area contributed by atoms with Crippen LogP contribution in [-0.2, 0) is 6.54 Å². The quantitative estimate of drug-likeness (QED) is 0.609. The Morgan fingerprint density at radius 3 is 2.94 bits per heavy atom. The third-order valence-corrected chi connectivity index (χ3v) is 4.18. The van der Waals surface area contributed by atoms with Crippen molar-refractivity contribution >= 4 is 0 Å². The average Bonchev–Trinajstić information content (AvgIpc) is 2.99. The monoisotopic (exact) mass is 236 g/mol. The molecule has 0 aliphatic heterocycles. The summed E-state index contributed by atoms with van der Waals surface area (Å²) in [5, 5.41) is 0. The molecule has 1 aliphatic carbocycles. The molecule has 1 heterocycles. The Kier molecular flexibility index (Phi) is 4.18. The van der Waals surface area contributed by atoms with Gasteiger partial charge in [0.2, 0.25) is 0 Å². The highest BCUT2D eigenvalue weighted by atomic mass is 15.3. The van der Waals surface area contributed by atoms with E-state index in [1.54, 1.807) is 0 Å². The zero-order chi connectivity index (χ0) is 12.3. The van der Waals surface area contributed by atoms with Gasteiger partial charge in [0.05, 0.1) is 6.04 Å². The van der Waals surface area contributed by atoms with Gasteiger partial charge in [0.15, 0.2) is 0 Å². The van der Waals surface area contributed by atoms with Crippen molar-refractivity contribution in [3.63, 3.8) is 0 Å². The van der Waals surface area contributed by atoms with E-state index in [1.807, 2.05) is 12.4 Å². The molecule has 4 heteroatoms. The van der Waals surface area contributed by atoms with Crippen LogP contribution in [-0.4, -0.2) is 9.55 Å². The second-order valence-corrected chi connectivity index (χ2v) is 5.06. The number of hydrogen-bond acceptors (Lipinski definition) is 3. The number of aromatic nitrogens is 2. The summed E-state index contributed by atoms with van der Waals surface area (Å²) in [6.45, 7) is 5.38. The van der Waals surface area contributed by atoms with Crippen LogP contribution in [0.15, 0.2) is 12.4 Å². The summed E-state index contributed by atoms with van der Waals surface area (Å²) in [7, 11) is 0. The first-order valence-electron chi connectivity index (χ1n) is 6.77. The standard InChI is InChI=1S/C13H24N4/c1-3-10-5-6-11(9-10)12(16-14)13-15-7-8-17(13)4-2/h7-8,10-12,16H,3-6,9,14H2,1-2H3. The lowest BCUT2D eigenvalue weighted by Crippen LogP contribution is -2.34. The molecule has 3 unspecified atom stereocenters. The van der Waals surface area contributed by atoms with Crippen molar-refractivity contribution in [2.75, 3.05) is 0 Å². The maximum absolute atomic E-state index is 5.75. The number of aryl methyl sites for hydroxylation is 1. The van der Waals surface area contributed by atoms with Crippen molar-refractivity contribution < 1.29 is 0 Å². The van der Waals surface area contributed by atoms with E-state index in [0.29, 0.717) is 5.92 Å². The third-order valence-electron chi connectivity index (χ3n) is 4.18. The molecule has 0 aromatic carbocycles. The second kappa shape index (κ2) is 5.65. The Morgan fingerprint density at radius 1 is 1.53 bits per heavy atom. The number of nitrogens with zero attached hydrogens (tertiary/aromatic N) is 2. The molecular weight excluding hydrogens is 212 g/mol. The zero-order valence-electron chi connectivity index (χ0n) is 10.9. The van der Waals surface area contributed by atoms with E-state index < -0.39 is 0 Å². The minimum atomic E-state index is 0.210. The molecule has 4 nitrogen and oxygen atoms in total. The fourth-order valence-electron chi connectivity index (χ4n) is 3.08. The third kappa shape index (κ3) is 2.53. The number of hydrogen-bond donors (Lipinski definition) is 2. The minimum absolute atomic E-state index is 0.210. The van der Waals surface area contributed by atoms with Gasteiger partial charge < -0.3 is 4.57 Å². The molecule has 1 saturated carbocycles. The first-order valence-corrected chi connectivity index (χ1v) is 6.77. The Bertz CT molecular complexity index is 347. The van der Waals surface area contributed by atoms with Gasteiger partial charge in [-0.1, -0.05) is 19.8 Å². The topological polar surface area (TPSA) is 55.9 Å². The highest BCUT2D eigenvalue weighted by molar-refractivity contribution is 5.02. The number of nitrogens with one attached hydrogen (secondary N) is 1. The molecule has 1 aromatic heterocycles. The molecule has 1 aliphatic rings. The molecule has 3 atom stereocenters. The highest BCUT2D eigenvalue weighted by Gasteiger charge is 2.32. The van der Waals surface area contributed by atoms with E-state index in [1.165, 1.54) is 25.7 Å². The highest BCUT2D eigenvalue weighted by Crippen LogP contribution is 2.39. The van der Waals surface area contributed by atoms with Crippen LogP contribution >= 0.6 is 0 Å². The largest absolute Gasteiger partial charge is 0.334 e. The SMILES string of the molecule is CCC1CCC(C(NN)c2nccn2CC)C1. The number of imidazole rings is 1. The van der Waals surface area contributed by atoms with Gasteiger partial charge in [-0.05, 0) is 31.6 Å². The summed E-state index contributed by atoms with van der Waals surface area (Å²) >= 11 is 0. The number of hydrazine groups is 1. The van der Waals surface area contributed by atoms with E-state index in [0.717, 1.165) is 18.3 Å². The summed E-state index contributed by atoms with van der Waals surface area (Å²) in [6.07, 6.45) is 9.08. The zero-order valence-corrected chi connectivity index (χ0v) is 10.9. The molecule has 0 bridgehead atoms. The van der Waals surface area contributed by atoms with E-state index >= 15 is 0 Å². The van der Waals surface area contributed by atoms with E-state index in [9.17, 15) is 0 Å². The van der Waals surface area contributed by atoms with Gasteiger partial charge in [-0.3, -0.25) is 5.84 Å². The van der Waals surface area contributed by atoms with Crippen LogP contribution < -0.4 is 11.3 Å². The predicted molar refractivity (Wildman–Crippen MR) is 69.1 cm³/mol. The smallest absolute Gasteiger partial charge is 0.127 e. The Morgan fingerprint density at radius 2 is 2.35 bits per heavy atom. The van der Waals surface area contributed by atoms with E-state index in [-0.39, 0.29) is 6.04 Å². The number of nitrogens with two attached hydrogens (primary N) is 1. The summed E-state index contributed by atoms with van der Waals surface area (Å²) in [4.78, 5) is 4.47. The first-order chi connectivity index (χ1) is 8.30. The van der Waals surface area contributed by atoms with Crippen molar-refractivity contribution in [1.82, 2.24) is 15.0 Å². The van der Waals surface area contributed by atoms with Crippen LogP contribution in [0.4, 0.5) is 0 Å². The Hall–Kier alpha value is -0.870. The van der Waals surface area contributed by atoms with Gasteiger partial charge in [0.25, 0.3) is 0 Å². The lowest BCUT2D eigenvalue weighted by Gasteiger charge is -2.23. The van der Waals surface area contributed by atoms with Crippen molar-refractivity contribution in [1.29, 1.82) is 0 Å². The van der Waals surface area contributed by atoms with E-state index in [4.69, 9.17) is 5.84 Å². The lowest BCUT2D eigenvalue weighted by molar-refractivity contribution is 0.336. The molecule has 0 amide bonds. The molecule has 0 radical (unpaired) electrons. The van der Waals surface area contributed by atoms with Crippen molar-refractivity contribution in [2.24, 2.45) is 17.7 Å². The summed E-state index contributed by atoms with van der Waals surface area (Å²) in [5.41, 5.74) is 2.98. The molecule has 3 N–H and O–H groups in total. The maximum Gasteiger partial charge on any atom is 0.127 e.